The summed E-state index contributed by atoms with van der Waals surface area (Å²) in [6, 6.07) is 13.8. The van der Waals surface area contributed by atoms with Crippen LogP contribution >= 0.6 is 23.8 Å². The van der Waals surface area contributed by atoms with Gasteiger partial charge in [-0.05, 0) is 62.8 Å². The van der Waals surface area contributed by atoms with Gasteiger partial charge in [0, 0.05) is 21.9 Å². The predicted octanol–water partition coefficient (Wildman–Crippen LogP) is 4.09. The van der Waals surface area contributed by atoms with Crippen LogP contribution < -0.4 is 10.6 Å². The minimum atomic E-state index is 0.746. The van der Waals surface area contributed by atoms with E-state index in [1.807, 2.05) is 56.6 Å². The molecule has 0 saturated carbocycles. The maximum Gasteiger partial charge on any atom is 0.132 e. The highest BCUT2D eigenvalue weighted by atomic mass is 32.2. The van der Waals surface area contributed by atoms with Gasteiger partial charge in [-0.2, -0.15) is 5.90 Å². The lowest BCUT2D eigenvalue weighted by molar-refractivity contribution is -0.195. The lowest BCUT2D eigenvalue weighted by atomic mass is 10.2. The third-order valence-corrected chi connectivity index (χ3v) is 4.31. The van der Waals surface area contributed by atoms with E-state index in [1.54, 1.807) is 11.8 Å². The zero-order chi connectivity index (χ0) is 16.7. The second-order valence-corrected chi connectivity index (χ2v) is 6.69. The van der Waals surface area contributed by atoms with E-state index in [0.717, 1.165) is 40.5 Å². The van der Waals surface area contributed by atoms with Gasteiger partial charge in [-0.15, -0.1) is 21.1 Å². The number of rotatable bonds is 8. The second-order valence-electron chi connectivity index (χ2n) is 5.03. The van der Waals surface area contributed by atoms with Crippen LogP contribution in [0.15, 0.2) is 52.3 Å². The van der Waals surface area contributed by atoms with Gasteiger partial charge in [-0.1, -0.05) is 0 Å². The summed E-state index contributed by atoms with van der Waals surface area (Å²) in [7, 11) is 4.02. The zero-order valence-corrected chi connectivity index (χ0v) is 14.9. The maximum atomic E-state index is 6.03. The van der Waals surface area contributed by atoms with Crippen molar-refractivity contribution in [1.29, 1.82) is 0 Å². The number of nitrogens with two attached hydrogens (primary N) is 1. The molecule has 0 aliphatic heterocycles. The molecule has 0 aromatic heterocycles. The molecule has 0 unspecified atom stereocenters. The molecule has 0 fully saturated rings. The molecule has 5 nitrogen and oxygen atoms in total. The molecule has 2 rings (SSSR count). The number of hydrogen-bond donors (Lipinski definition) is 1. The number of nitrogens with zero attached hydrogens (tertiary/aromatic N) is 1. The summed E-state index contributed by atoms with van der Waals surface area (Å²) >= 11 is 2.76. The van der Waals surface area contributed by atoms with Gasteiger partial charge in [0.15, 0.2) is 0 Å². The minimum Gasteiger partial charge on any atom is -0.457 e. The van der Waals surface area contributed by atoms with E-state index < -0.39 is 0 Å². The monoisotopic (exact) mass is 352 g/mol. The summed E-state index contributed by atoms with van der Waals surface area (Å²) in [5.41, 5.74) is 1.05. The Morgan fingerprint density at radius 3 is 2.35 bits per heavy atom. The van der Waals surface area contributed by atoms with Crippen molar-refractivity contribution in [3.8, 4) is 11.5 Å². The van der Waals surface area contributed by atoms with E-state index in [4.69, 9.17) is 15.0 Å². The fraction of sp³-hybridized carbons (Fsp3) is 0.250. The van der Waals surface area contributed by atoms with Crippen LogP contribution in [0.3, 0.4) is 0 Å². The highest BCUT2D eigenvalue weighted by Crippen LogP contribution is 2.31. The van der Waals surface area contributed by atoms with Gasteiger partial charge in [0.25, 0.3) is 0 Å². The molecule has 124 valence electrons. The molecular formula is C16H20N2O3S2. The standard InChI is InChI=1S/C16H20N2O3S2/c1-18(2)11-12-10-15(23-21-20-17)8-9-16(12)19-13-4-6-14(22-3)7-5-13/h4-10H,11,17H2,1-3H3. The first-order valence-electron chi connectivity index (χ1n) is 6.92. The van der Waals surface area contributed by atoms with Crippen LogP contribution in [0.5, 0.6) is 11.5 Å². The quantitative estimate of drug-likeness (QED) is 0.332. The SMILES string of the molecule is CSc1ccc(Oc2ccc(SOON)cc2CN(C)C)cc1. The van der Waals surface area contributed by atoms with Crippen LogP contribution in [0, 0.1) is 0 Å². The molecule has 0 radical (unpaired) electrons. The summed E-state index contributed by atoms with van der Waals surface area (Å²) in [4.78, 5) is 8.30. The molecule has 0 heterocycles. The molecule has 0 bridgehead atoms. The highest BCUT2D eigenvalue weighted by Gasteiger charge is 2.09. The van der Waals surface area contributed by atoms with E-state index in [-0.39, 0.29) is 0 Å². The molecule has 0 saturated heterocycles. The fourth-order valence-electron chi connectivity index (χ4n) is 2.00. The smallest absolute Gasteiger partial charge is 0.132 e. The Morgan fingerprint density at radius 1 is 1.04 bits per heavy atom. The third-order valence-electron chi connectivity index (χ3n) is 2.98. The Kier molecular flexibility index (Phi) is 7.22. The van der Waals surface area contributed by atoms with Crippen molar-refractivity contribution in [2.45, 2.75) is 16.3 Å². The molecule has 23 heavy (non-hydrogen) atoms. The maximum absolute atomic E-state index is 6.03. The van der Waals surface area contributed by atoms with E-state index >= 15 is 0 Å². The largest absolute Gasteiger partial charge is 0.457 e. The van der Waals surface area contributed by atoms with E-state index in [2.05, 4.69) is 16.1 Å². The fourth-order valence-corrected chi connectivity index (χ4v) is 2.84. The van der Waals surface area contributed by atoms with Crippen molar-refractivity contribution in [3.63, 3.8) is 0 Å². The highest BCUT2D eigenvalue weighted by molar-refractivity contribution is 7.98. The first kappa shape index (κ1) is 18.1. The Hall–Kier alpha value is -1.22. The minimum absolute atomic E-state index is 0.746. The van der Waals surface area contributed by atoms with Crippen molar-refractivity contribution >= 4 is 23.8 Å². The van der Waals surface area contributed by atoms with Gasteiger partial charge < -0.3 is 9.64 Å². The van der Waals surface area contributed by atoms with Crippen LogP contribution in [0.1, 0.15) is 5.56 Å². The van der Waals surface area contributed by atoms with Crippen molar-refractivity contribution < 1.29 is 14.1 Å². The van der Waals surface area contributed by atoms with Gasteiger partial charge in [0.1, 0.15) is 11.5 Å². The van der Waals surface area contributed by atoms with Crippen molar-refractivity contribution in [2.75, 3.05) is 20.4 Å². The Labute approximate surface area is 145 Å². The molecule has 0 aliphatic rings. The van der Waals surface area contributed by atoms with Crippen molar-refractivity contribution in [1.82, 2.24) is 4.90 Å². The number of benzene rings is 2. The Morgan fingerprint density at radius 2 is 1.74 bits per heavy atom. The van der Waals surface area contributed by atoms with E-state index in [9.17, 15) is 0 Å². The Balaban J connectivity index is 2.20. The summed E-state index contributed by atoms with van der Waals surface area (Å²) in [6.07, 6.45) is 2.05. The van der Waals surface area contributed by atoms with E-state index in [0.29, 0.717) is 0 Å². The predicted molar refractivity (Wildman–Crippen MR) is 94.3 cm³/mol. The molecular weight excluding hydrogens is 332 g/mol. The number of ether oxygens (including phenoxy) is 1. The lowest BCUT2D eigenvalue weighted by Crippen LogP contribution is -2.11. The van der Waals surface area contributed by atoms with Gasteiger partial charge in [-0.3, -0.25) is 0 Å². The van der Waals surface area contributed by atoms with Gasteiger partial charge in [0.2, 0.25) is 0 Å². The van der Waals surface area contributed by atoms with Crippen LogP contribution in [-0.2, 0) is 15.9 Å². The average molecular weight is 352 g/mol. The zero-order valence-electron chi connectivity index (χ0n) is 13.3. The van der Waals surface area contributed by atoms with Crippen LogP contribution in [0.2, 0.25) is 0 Å². The van der Waals surface area contributed by atoms with E-state index in [1.165, 1.54) is 4.90 Å². The summed E-state index contributed by atoms with van der Waals surface area (Å²) < 4.78 is 10.7. The molecule has 7 heteroatoms. The summed E-state index contributed by atoms with van der Waals surface area (Å²) in [5, 5.41) is 0. The molecule has 0 atom stereocenters. The third kappa shape index (κ3) is 5.72. The van der Waals surface area contributed by atoms with Crippen molar-refractivity contribution in [2.24, 2.45) is 5.90 Å². The molecule has 2 aromatic rings. The molecule has 2 N–H and O–H groups in total. The Bertz CT molecular complexity index is 621. The lowest BCUT2D eigenvalue weighted by Gasteiger charge is -2.16. The molecule has 0 spiro atoms. The number of thioether (sulfide) groups is 1. The first-order valence-corrected chi connectivity index (χ1v) is 8.88. The van der Waals surface area contributed by atoms with Crippen LogP contribution in [0.4, 0.5) is 0 Å². The number of hydrogen-bond acceptors (Lipinski definition) is 7. The van der Waals surface area contributed by atoms with Gasteiger partial charge in [-0.25, -0.2) is 0 Å². The normalized spacial score (nSPS) is 11.0. The van der Waals surface area contributed by atoms with Crippen LogP contribution in [-0.4, -0.2) is 25.3 Å². The van der Waals surface area contributed by atoms with Crippen LogP contribution in [0.25, 0.3) is 0 Å². The first-order chi connectivity index (χ1) is 11.1. The second kappa shape index (κ2) is 9.17. The van der Waals surface area contributed by atoms with Crippen molar-refractivity contribution in [3.05, 3.63) is 48.0 Å². The summed E-state index contributed by atoms with van der Waals surface area (Å²) in [5.74, 6) is 6.50. The molecule has 0 aliphatic carbocycles. The molecule has 2 aromatic carbocycles. The van der Waals surface area contributed by atoms with Gasteiger partial charge in [0.05, 0.1) is 12.0 Å². The average Bonchev–Trinajstić information content (AvgIpc) is 2.55. The molecule has 0 amide bonds. The summed E-state index contributed by atoms with van der Waals surface area (Å²) in [6.45, 7) is 0.746. The van der Waals surface area contributed by atoms with Gasteiger partial charge >= 0.3 is 0 Å². The topological polar surface area (TPSA) is 57.0 Å².